The average Bonchev–Trinajstić information content (AvgIpc) is 2.60. The first-order chi connectivity index (χ1) is 6.65. The molecule has 82 valence electrons. The van der Waals surface area contributed by atoms with Crippen LogP contribution in [0.4, 0.5) is 4.79 Å². The topological polar surface area (TPSA) is 41.6 Å². The Bertz CT molecular complexity index is 195. The highest BCUT2D eigenvalue weighted by atomic mass is 16.6. The molecular formula is C10H20N2O2. The molecule has 2 unspecified atom stereocenters. The molecular weight excluding hydrogens is 180 g/mol. The smallest absolute Gasteiger partial charge is 0.409 e. The van der Waals surface area contributed by atoms with E-state index in [9.17, 15) is 4.79 Å². The van der Waals surface area contributed by atoms with Gasteiger partial charge in [0.25, 0.3) is 0 Å². The van der Waals surface area contributed by atoms with Crippen LogP contribution < -0.4 is 5.32 Å². The number of rotatable bonds is 3. The first kappa shape index (κ1) is 11.3. The summed E-state index contributed by atoms with van der Waals surface area (Å²) in [6.45, 7) is 0.544. The van der Waals surface area contributed by atoms with E-state index in [1.165, 1.54) is 17.7 Å². The fourth-order valence-electron chi connectivity index (χ4n) is 1.92. The van der Waals surface area contributed by atoms with Gasteiger partial charge in [0.1, 0.15) is 0 Å². The van der Waals surface area contributed by atoms with Crippen molar-refractivity contribution in [3.63, 3.8) is 0 Å². The number of carbonyl (C=O) groups excluding carboxylic acids is 1. The molecule has 1 amide bonds. The van der Waals surface area contributed by atoms with E-state index in [0.29, 0.717) is 18.6 Å². The quantitative estimate of drug-likeness (QED) is 0.741. The van der Waals surface area contributed by atoms with Gasteiger partial charge in [-0.25, -0.2) is 4.79 Å². The highest BCUT2D eigenvalue weighted by Gasteiger charge is 2.27. The number of hydrogen-bond acceptors (Lipinski definition) is 3. The molecule has 1 saturated carbocycles. The van der Waals surface area contributed by atoms with Crippen LogP contribution in [0, 0.1) is 5.92 Å². The highest BCUT2D eigenvalue weighted by molar-refractivity contribution is 5.66. The summed E-state index contributed by atoms with van der Waals surface area (Å²) in [5.41, 5.74) is 0. The van der Waals surface area contributed by atoms with Crippen LogP contribution in [-0.2, 0) is 4.74 Å². The van der Waals surface area contributed by atoms with Crippen molar-refractivity contribution in [3.8, 4) is 0 Å². The number of nitrogens with zero attached hydrogens (tertiary/aromatic N) is 1. The Labute approximate surface area is 85.6 Å². The molecule has 0 aromatic rings. The predicted molar refractivity (Wildman–Crippen MR) is 55.2 cm³/mol. The minimum absolute atomic E-state index is 0.244. The van der Waals surface area contributed by atoms with E-state index in [4.69, 9.17) is 4.74 Å². The number of ether oxygens (including phenoxy) is 1. The minimum atomic E-state index is -0.244. The van der Waals surface area contributed by atoms with Crippen LogP contribution >= 0.6 is 0 Å². The third-order valence-corrected chi connectivity index (χ3v) is 2.82. The van der Waals surface area contributed by atoms with Gasteiger partial charge in [-0.2, -0.15) is 0 Å². The molecule has 0 aromatic heterocycles. The van der Waals surface area contributed by atoms with Crippen LogP contribution in [0.2, 0.25) is 0 Å². The molecule has 2 atom stereocenters. The SMILES string of the molecule is CNC1CCCC1COC(=O)N(C)C. The second kappa shape index (κ2) is 5.20. The molecule has 1 aliphatic rings. The average molecular weight is 200 g/mol. The van der Waals surface area contributed by atoms with E-state index in [2.05, 4.69) is 5.32 Å². The fourth-order valence-corrected chi connectivity index (χ4v) is 1.92. The van der Waals surface area contributed by atoms with Gasteiger partial charge in [-0.15, -0.1) is 0 Å². The lowest BCUT2D eigenvalue weighted by molar-refractivity contribution is 0.0977. The molecule has 14 heavy (non-hydrogen) atoms. The monoisotopic (exact) mass is 200 g/mol. The van der Waals surface area contributed by atoms with Crippen molar-refractivity contribution in [2.24, 2.45) is 5.92 Å². The van der Waals surface area contributed by atoms with E-state index < -0.39 is 0 Å². The van der Waals surface area contributed by atoms with Gasteiger partial charge in [-0.3, -0.25) is 0 Å². The first-order valence-electron chi connectivity index (χ1n) is 5.16. The Hall–Kier alpha value is -0.770. The third kappa shape index (κ3) is 2.87. The van der Waals surface area contributed by atoms with Gasteiger partial charge in [0.05, 0.1) is 6.61 Å². The fraction of sp³-hybridized carbons (Fsp3) is 0.900. The highest BCUT2D eigenvalue weighted by Crippen LogP contribution is 2.25. The van der Waals surface area contributed by atoms with Crippen molar-refractivity contribution in [1.82, 2.24) is 10.2 Å². The summed E-state index contributed by atoms with van der Waals surface area (Å²) < 4.78 is 5.17. The van der Waals surface area contributed by atoms with Crippen molar-refractivity contribution < 1.29 is 9.53 Å². The number of amides is 1. The number of nitrogens with one attached hydrogen (secondary N) is 1. The van der Waals surface area contributed by atoms with Gasteiger partial charge >= 0.3 is 6.09 Å². The van der Waals surface area contributed by atoms with E-state index in [1.807, 2.05) is 7.05 Å². The molecule has 0 bridgehead atoms. The second-order valence-electron chi connectivity index (χ2n) is 4.06. The molecule has 0 radical (unpaired) electrons. The third-order valence-electron chi connectivity index (χ3n) is 2.82. The van der Waals surface area contributed by atoms with Crippen LogP contribution in [0.25, 0.3) is 0 Å². The van der Waals surface area contributed by atoms with Gasteiger partial charge in [-0.1, -0.05) is 6.42 Å². The summed E-state index contributed by atoms with van der Waals surface area (Å²) in [4.78, 5) is 12.6. The molecule has 1 N–H and O–H groups in total. The molecule has 0 aliphatic heterocycles. The second-order valence-corrected chi connectivity index (χ2v) is 4.06. The zero-order valence-electron chi connectivity index (χ0n) is 9.25. The molecule has 0 aromatic carbocycles. The summed E-state index contributed by atoms with van der Waals surface area (Å²) >= 11 is 0. The minimum Gasteiger partial charge on any atom is -0.449 e. The Morgan fingerprint density at radius 2 is 2.21 bits per heavy atom. The van der Waals surface area contributed by atoms with Crippen LogP contribution in [0.3, 0.4) is 0 Å². The van der Waals surface area contributed by atoms with Crippen molar-refractivity contribution >= 4 is 6.09 Å². The lowest BCUT2D eigenvalue weighted by Gasteiger charge is -2.19. The molecule has 1 fully saturated rings. The molecule has 4 heteroatoms. The molecule has 1 aliphatic carbocycles. The van der Waals surface area contributed by atoms with Gasteiger partial charge in [0, 0.05) is 26.1 Å². The normalized spacial score (nSPS) is 26.2. The molecule has 0 spiro atoms. The lowest BCUT2D eigenvalue weighted by Crippen LogP contribution is -2.33. The van der Waals surface area contributed by atoms with Gasteiger partial charge in [0.15, 0.2) is 0 Å². The van der Waals surface area contributed by atoms with E-state index in [0.717, 1.165) is 6.42 Å². The Balaban J connectivity index is 2.27. The van der Waals surface area contributed by atoms with Crippen LogP contribution in [0.15, 0.2) is 0 Å². The Morgan fingerprint density at radius 3 is 2.79 bits per heavy atom. The molecule has 0 heterocycles. The van der Waals surface area contributed by atoms with Crippen molar-refractivity contribution in [2.75, 3.05) is 27.7 Å². The summed E-state index contributed by atoms with van der Waals surface area (Å²) in [5.74, 6) is 0.490. The van der Waals surface area contributed by atoms with Crippen LogP contribution in [0.1, 0.15) is 19.3 Å². The van der Waals surface area contributed by atoms with Crippen molar-refractivity contribution in [2.45, 2.75) is 25.3 Å². The Morgan fingerprint density at radius 1 is 1.50 bits per heavy atom. The maximum atomic E-state index is 11.2. The number of hydrogen-bond donors (Lipinski definition) is 1. The number of carbonyl (C=O) groups is 1. The van der Waals surface area contributed by atoms with Crippen molar-refractivity contribution in [1.29, 1.82) is 0 Å². The predicted octanol–water partition coefficient (Wildman–Crippen LogP) is 1.07. The molecule has 4 nitrogen and oxygen atoms in total. The standard InChI is InChI=1S/C10H20N2O2/c1-11-9-6-4-5-8(9)7-14-10(13)12(2)3/h8-9,11H,4-7H2,1-3H3. The largest absolute Gasteiger partial charge is 0.449 e. The van der Waals surface area contributed by atoms with Gasteiger partial charge < -0.3 is 15.0 Å². The van der Waals surface area contributed by atoms with E-state index >= 15 is 0 Å². The molecule has 1 rings (SSSR count). The summed E-state index contributed by atoms with van der Waals surface area (Å²) in [6, 6.07) is 0.518. The molecule has 0 saturated heterocycles. The van der Waals surface area contributed by atoms with Crippen LogP contribution in [-0.4, -0.2) is 44.8 Å². The summed E-state index contributed by atoms with van der Waals surface area (Å²) in [6.07, 6.45) is 3.34. The zero-order chi connectivity index (χ0) is 10.6. The maximum absolute atomic E-state index is 11.2. The maximum Gasteiger partial charge on any atom is 0.409 e. The van der Waals surface area contributed by atoms with Crippen LogP contribution in [0.5, 0.6) is 0 Å². The zero-order valence-corrected chi connectivity index (χ0v) is 9.25. The van der Waals surface area contributed by atoms with Gasteiger partial charge in [0.2, 0.25) is 0 Å². The van der Waals surface area contributed by atoms with Crippen molar-refractivity contribution in [3.05, 3.63) is 0 Å². The summed E-state index contributed by atoms with van der Waals surface area (Å²) in [7, 11) is 5.37. The van der Waals surface area contributed by atoms with E-state index in [1.54, 1.807) is 14.1 Å². The summed E-state index contributed by atoms with van der Waals surface area (Å²) in [5, 5.41) is 3.26. The lowest BCUT2D eigenvalue weighted by atomic mass is 10.1. The van der Waals surface area contributed by atoms with Gasteiger partial charge in [-0.05, 0) is 19.9 Å². The Kier molecular flexibility index (Phi) is 4.20. The van der Waals surface area contributed by atoms with E-state index in [-0.39, 0.29) is 6.09 Å². The first-order valence-corrected chi connectivity index (χ1v) is 5.16.